The zero-order chi connectivity index (χ0) is 27.5. The predicted octanol–water partition coefficient (Wildman–Crippen LogP) is 3.79. The number of aromatic amines is 2. The first kappa shape index (κ1) is 26.3. The number of imidazole rings is 1. The smallest absolute Gasteiger partial charge is 0.180 e. The van der Waals surface area contributed by atoms with E-state index >= 15 is 0 Å². The van der Waals surface area contributed by atoms with Crippen molar-refractivity contribution in [3.63, 3.8) is 0 Å². The molecule has 0 radical (unpaired) electrons. The number of pyridine rings is 2. The van der Waals surface area contributed by atoms with Crippen LogP contribution in [0.4, 0.5) is 5.69 Å². The fourth-order valence-electron chi connectivity index (χ4n) is 4.82. The Labute approximate surface area is 228 Å². The second kappa shape index (κ2) is 11.2. The second-order valence-corrected chi connectivity index (χ2v) is 10.1. The number of anilines is 1. The average molecular weight is 525 g/mol. The van der Waals surface area contributed by atoms with Crippen LogP contribution in [0.5, 0.6) is 0 Å². The van der Waals surface area contributed by atoms with E-state index in [9.17, 15) is 0 Å². The summed E-state index contributed by atoms with van der Waals surface area (Å²) in [6, 6.07) is 4.10. The molecule has 1 saturated heterocycles. The summed E-state index contributed by atoms with van der Waals surface area (Å²) >= 11 is 0. The van der Waals surface area contributed by atoms with Crippen molar-refractivity contribution in [2.75, 3.05) is 58.8 Å². The maximum Gasteiger partial charge on any atom is 0.180 e. The molecule has 0 aromatic carbocycles. The molecule has 3 N–H and O–H groups in total. The van der Waals surface area contributed by atoms with Gasteiger partial charge in [0.15, 0.2) is 11.5 Å². The summed E-state index contributed by atoms with van der Waals surface area (Å²) in [5.74, 6) is 0.675. The minimum atomic E-state index is 0.675. The number of aromatic nitrogens is 6. The SMILES string of the molecule is C=C/C(=C\C(=C/C)c1cc2c(-c3nc4nccc(N5CCN(C)CC5)c4[nH]3)n[nH]c2cn1)NC(=C)CN(C)C. The number of piperazine rings is 1. The van der Waals surface area contributed by atoms with Gasteiger partial charge in [-0.15, -0.1) is 0 Å². The summed E-state index contributed by atoms with van der Waals surface area (Å²) in [5, 5.41) is 12.0. The highest BCUT2D eigenvalue weighted by atomic mass is 15.3. The van der Waals surface area contributed by atoms with Gasteiger partial charge in [-0.05, 0) is 57.9 Å². The normalized spacial score (nSPS) is 15.5. The third kappa shape index (κ3) is 5.62. The van der Waals surface area contributed by atoms with Crippen LogP contribution in [0, 0.1) is 0 Å². The largest absolute Gasteiger partial charge is 0.367 e. The van der Waals surface area contributed by atoms with E-state index in [2.05, 4.69) is 66.5 Å². The molecule has 10 nitrogen and oxygen atoms in total. The van der Waals surface area contributed by atoms with Crippen molar-refractivity contribution in [3.05, 3.63) is 73.0 Å². The summed E-state index contributed by atoms with van der Waals surface area (Å²) in [6.45, 7) is 14.8. The minimum Gasteiger partial charge on any atom is -0.367 e. The van der Waals surface area contributed by atoms with E-state index in [0.717, 1.165) is 83.2 Å². The fraction of sp³-hybridized carbons (Fsp3) is 0.310. The number of fused-ring (bicyclic) bond motifs is 2. The molecule has 5 heterocycles. The van der Waals surface area contributed by atoms with Crippen molar-refractivity contribution in [1.29, 1.82) is 0 Å². The van der Waals surface area contributed by atoms with Gasteiger partial charge in [-0.25, -0.2) is 9.97 Å². The van der Waals surface area contributed by atoms with Crippen molar-refractivity contribution in [1.82, 2.24) is 45.2 Å². The Kier molecular flexibility index (Phi) is 7.58. The van der Waals surface area contributed by atoms with E-state index in [1.54, 1.807) is 12.3 Å². The molecule has 0 bridgehead atoms. The molecule has 5 rings (SSSR count). The third-order valence-electron chi connectivity index (χ3n) is 6.85. The van der Waals surface area contributed by atoms with Gasteiger partial charge >= 0.3 is 0 Å². The van der Waals surface area contributed by atoms with Crippen molar-refractivity contribution < 1.29 is 0 Å². The molecule has 0 saturated carbocycles. The first-order valence-electron chi connectivity index (χ1n) is 13.1. The van der Waals surface area contributed by atoms with Gasteiger partial charge in [0, 0.05) is 55.7 Å². The van der Waals surface area contributed by atoms with Crippen LogP contribution in [0.2, 0.25) is 0 Å². The zero-order valence-corrected chi connectivity index (χ0v) is 23.1. The van der Waals surface area contributed by atoms with Gasteiger partial charge in [-0.3, -0.25) is 10.1 Å². The Balaban J connectivity index is 1.48. The quantitative estimate of drug-likeness (QED) is 0.284. The molecule has 202 valence electrons. The van der Waals surface area contributed by atoms with E-state index in [1.807, 2.05) is 45.4 Å². The highest BCUT2D eigenvalue weighted by molar-refractivity contribution is 5.96. The molecule has 1 aliphatic heterocycles. The van der Waals surface area contributed by atoms with Gasteiger partial charge in [-0.1, -0.05) is 19.2 Å². The van der Waals surface area contributed by atoms with Crippen LogP contribution in [0.15, 0.2) is 67.3 Å². The number of nitrogens with zero attached hydrogens (tertiary/aromatic N) is 7. The van der Waals surface area contributed by atoms with Gasteiger partial charge < -0.3 is 25.0 Å². The van der Waals surface area contributed by atoms with Crippen molar-refractivity contribution in [3.8, 4) is 11.5 Å². The Bertz CT molecular complexity index is 1560. The maximum atomic E-state index is 4.82. The second-order valence-electron chi connectivity index (χ2n) is 10.1. The lowest BCUT2D eigenvalue weighted by atomic mass is 10.1. The lowest BCUT2D eigenvalue weighted by Gasteiger charge is -2.34. The number of nitrogens with one attached hydrogen (secondary N) is 3. The maximum absolute atomic E-state index is 4.82. The highest BCUT2D eigenvalue weighted by Gasteiger charge is 2.20. The summed E-state index contributed by atoms with van der Waals surface area (Å²) < 4.78 is 0. The van der Waals surface area contributed by atoms with E-state index in [4.69, 9.17) is 9.97 Å². The van der Waals surface area contributed by atoms with E-state index < -0.39 is 0 Å². The molecule has 0 atom stereocenters. The standard InChI is InChI=1S/C29H36N10/c1-7-20(15-21(8-2)32-19(3)18-37(4)5)23-16-22-24(17-31-23)35-36-26(22)29-33-27-25(9-10-30-28(27)34-29)39-13-11-38(6)12-14-39/h7-10,15-17,32H,2-3,11-14,18H2,1,4-6H3,(H,35,36)(H,30,33,34)/b20-7+,21-15+. The summed E-state index contributed by atoms with van der Waals surface area (Å²) in [7, 11) is 6.17. The molecule has 1 fully saturated rings. The lowest BCUT2D eigenvalue weighted by molar-refractivity contribution is 0.313. The van der Waals surface area contributed by atoms with Gasteiger partial charge in [0.05, 0.1) is 23.1 Å². The van der Waals surface area contributed by atoms with Crippen LogP contribution in [0.3, 0.4) is 0 Å². The van der Waals surface area contributed by atoms with Crippen molar-refractivity contribution in [2.45, 2.75) is 6.92 Å². The predicted molar refractivity (Wildman–Crippen MR) is 159 cm³/mol. The van der Waals surface area contributed by atoms with Crippen LogP contribution in [0.1, 0.15) is 12.6 Å². The Morgan fingerprint density at radius 3 is 2.72 bits per heavy atom. The number of hydrogen-bond donors (Lipinski definition) is 3. The first-order valence-corrected chi connectivity index (χ1v) is 13.1. The van der Waals surface area contributed by atoms with Crippen LogP contribution in [-0.2, 0) is 0 Å². The first-order chi connectivity index (χ1) is 18.9. The lowest BCUT2D eigenvalue weighted by Crippen LogP contribution is -2.44. The Morgan fingerprint density at radius 2 is 2.00 bits per heavy atom. The molecule has 1 aliphatic rings. The fourth-order valence-corrected chi connectivity index (χ4v) is 4.82. The van der Waals surface area contributed by atoms with Crippen LogP contribution < -0.4 is 10.2 Å². The topological polar surface area (TPSA) is 105 Å². The molecule has 4 aromatic heterocycles. The Morgan fingerprint density at radius 1 is 1.21 bits per heavy atom. The summed E-state index contributed by atoms with van der Waals surface area (Å²) in [6.07, 6.45) is 9.47. The van der Waals surface area contributed by atoms with E-state index in [-0.39, 0.29) is 0 Å². The molecule has 4 aromatic rings. The minimum absolute atomic E-state index is 0.675. The molecule has 0 unspecified atom stereocenters. The zero-order valence-electron chi connectivity index (χ0n) is 23.1. The average Bonchev–Trinajstić information content (AvgIpc) is 3.54. The van der Waals surface area contributed by atoms with Gasteiger partial charge in [-0.2, -0.15) is 5.10 Å². The van der Waals surface area contributed by atoms with E-state index in [0.29, 0.717) is 11.5 Å². The number of H-pyrrole nitrogens is 2. The third-order valence-corrected chi connectivity index (χ3v) is 6.85. The van der Waals surface area contributed by atoms with Crippen LogP contribution in [0.25, 0.3) is 39.2 Å². The number of hydrogen-bond acceptors (Lipinski definition) is 8. The number of likely N-dealkylation sites (N-methyl/N-ethyl adjacent to an activating group) is 2. The molecule has 39 heavy (non-hydrogen) atoms. The highest BCUT2D eigenvalue weighted by Crippen LogP contribution is 2.31. The molecule has 0 aliphatic carbocycles. The summed E-state index contributed by atoms with van der Waals surface area (Å²) in [4.78, 5) is 24.3. The van der Waals surface area contributed by atoms with Crippen LogP contribution >= 0.6 is 0 Å². The molecule has 0 spiro atoms. The number of allylic oxidation sites excluding steroid dienone is 4. The monoisotopic (exact) mass is 524 g/mol. The number of rotatable bonds is 9. The summed E-state index contributed by atoms with van der Waals surface area (Å²) in [5.41, 5.74) is 7.81. The molecular weight excluding hydrogens is 488 g/mol. The Hall–Kier alpha value is -4.28. The van der Waals surface area contributed by atoms with Gasteiger partial charge in [0.1, 0.15) is 11.2 Å². The van der Waals surface area contributed by atoms with Gasteiger partial charge in [0.2, 0.25) is 0 Å². The van der Waals surface area contributed by atoms with Crippen LogP contribution in [-0.4, -0.2) is 93.8 Å². The molecule has 0 amide bonds. The van der Waals surface area contributed by atoms with E-state index in [1.165, 1.54) is 0 Å². The van der Waals surface area contributed by atoms with Crippen molar-refractivity contribution in [2.24, 2.45) is 0 Å². The van der Waals surface area contributed by atoms with Crippen molar-refractivity contribution >= 4 is 33.3 Å². The molecular formula is C29H36N10. The molecule has 10 heteroatoms. The van der Waals surface area contributed by atoms with Gasteiger partial charge in [0.25, 0.3) is 0 Å².